The topological polar surface area (TPSA) is 91.7 Å². The summed E-state index contributed by atoms with van der Waals surface area (Å²) in [5.74, 6) is -1.61. The Morgan fingerprint density at radius 2 is 1.91 bits per heavy atom. The number of benzene rings is 2. The van der Waals surface area contributed by atoms with Crippen LogP contribution in [0.2, 0.25) is 0 Å². The van der Waals surface area contributed by atoms with Gasteiger partial charge in [-0.2, -0.15) is 5.10 Å². The molecule has 2 amide bonds. The summed E-state index contributed by atoms with van der Waals surface area (Å²) in [7, 11) is 1.62. The predicted octanol–water partition coefficient (Wildman–Crippen LogP) is 3.06. The van der Waals surface area contributed by atoms with Gasteiger partial charge in [0.1, 0.15) is 5.82 Å². The molecule has 1 aromatic heterocycles. The molecule has 0 spiro atoms. The Morgan fingerprint density at radius 1 is 1.11 bits per heavy atom. The van der Waals surface area contributed by atoms with Gasteiger partial charge in [-0.15, -0.1) is 0 Å². The van der Waals surface area contributed by atoms with Crippen molar-refractivity contribution in [1.82, 2.24) is 20.0 Å². The molecular formula is C25H29F2N5O3. The van der Waals surface area contributed by atoms with Crippen LogP contribution in [0.15, 0.2) is 54.6 Å². The number of methoxy groups -OCH3 is 1. The minimum absolute atomic E-state index is 0.137. The highest BCUT2D eigenvalue weighted by atomic mass is 19.2. The first-order valence-corrected chi connectivity index (χ1v) is 11.5. The molecule has 3 aromatic rings. The number of nitrogens with zero attached hydrogens (tertiary/aromatic N) is 3. The van der Waals surface area contributed by atoms with Gasteiger partial charge in [-0.25, -0.2) is 18.3 Å². The second kappa shape index (κ2) is 11.4. The summed E-state index contributed by atoms with van der Waals surface area (Å²) in [6, 6.07) is 14.3. The van der Waals surface area contributed by atoms with E-state index in [4.69, 9.17) is 4.74 Å². The Kier molecular flexibility index (Phi) is 8.06. The fourth-order valence-electron chi connectivity index (χ4n) is 4.37. The van der Waals surface area contributed by atoms with Crippen LogP contribution in [0.1, 0.15) is 11.5 Å². The van der Waals surface area contributed by atoms with E-state index in [1.54, 1.807) is 19.2 Å². The standard InChI is InChI=1S/C25H29F2N5O3/c1-35-12-10-31-15-19(18-7-8-20(26)21(27)13-18)23(16-31)28-25(34)29-24-14-22(30-32(24)9-11-33)17-5-3-2-4-6-17/h2-8,13-14,19,23,33H,9-12,15-16H2,1H3,(H2,28,29,34)/t19-,23+/m0/s1. The van der Waals surface area contributed by atoms with Gasteiger partial charge < -0.3 is 15.2 Å². The van der Waals surface area contributed by atoms with Gasteiger partial charge in [-0.05, 0) is 17.7 Å². The zero-order chi connectivity index (χ0) is 24.8. The molecule has 1 aliphatic heterocycles. The van der Waals surface area contributed by atoms with E-state index in [0.29, 0.717) is 43.3 Å². The van der Waals surface area contributed by atoms with Crippen molar-refractivity contribution in [2.45, 2.75) is 18.5 Å². The summed E-state index contributed by atoms with van der Waals surface area (Å²) in [5.41, 5.74) is 2.17. The quantitative estimate of drug-likeness (QED) is 0.433. The number of halogens is 2. The van der Waals surface area contributed by atoms with E-state index in [1.807, 2.05) is 30.3 Å². The van der Waals surface area contributed by atoms with Gasteiger partial charge in [0.25, 0.3) is 0 Å². The van der Waals surface area contributed by atoms with Gasteiger partial charge in [-0.1, -0.05) is 36.4 Å². The molecule has 1 aliphatic rings. The largest absolute Gasteiger partial charge is 0.394 e. The number of hydrogen-bond donors (Lipinski definition) is 3. The molecule has 0 unspecified atom stereocenters. The number of carbonyl (C=O) groups is 1. The summed E-state index contributed by atoms with van der Waals surface area (Å²) in [4.78, 5) is 15.1. The van der Waals surface area contributed by atoms with Crippen LogP contribution in [-0.4, -0.2) is 71.8 Å². The van der Waals surface area contributed by atoms with E-state index in [1.165, 1.54) is 10.7 Å². The number of hydrogen-bond acceptors (Lipinski definition) is 5. The van der Waals surface area contributed by atoms with Crippen LogP contribution in [0.25, 0.3) is 11.3 Å². The van der Waals surface area contributed by atoms with E-state index in [-0.39, 0.29) is 25.1 Å². The molecule has 0 bridgehead atoms. The van der Waals surface area contributed by atoms with Crippen molar-refractivity contribution in [3.8, 4) is 11.3 Å². The van der Waals surface area contributed by atoms with Gasteiger partial charge in [0, 0.05) is 44.3 Å². The minimum atomic E-state index is -0.914. The summed E-state index contributed by atoms with van der Waals surface area (Å²) in [6.07, 6.45) is 0. The lowest BCUT2D eigenvalue weighted by atomic mass is 9.94. The van der Waals surface area contributed by atoms with E-state index >= 15 is 0 Å². The normalized spacial score (nSPS) is 18.1. The molecule has 35 heavy (non-hydrogen) atoms. The Hall–Kier alpha value is -3.34. The van der Waals surface area contributed by atoms with Crippen LogP contribution in [0.5, 0.6) is 0 Å². The molecule has 8 nitrogen and oxygen atoms in total. The first-order valence-electron chi connectivity index (χ1n) is 11.5. The molecule has 1 fully saturated rings. The molecule has 3 N–H and O–H groups in total. The molecule has 2 aromatic carbocycles. The van der Waals surface area contributed by atoms with Gasteiger partial charge >= 0.3 is 6.03 Å². The number of anilines is 1. The lowest BCUT2D eigenvalue weighted by Gasteiger charge is -2.21. The zero-order valence-electron chi connectivity index (χ0n) is 19.5. The zero-order valence-corrected chi connectivity index (χ0v) is 19.5. The monoisotopic (exact) mass is 485 g/mol. The molecule has 0 radical (unpaired) electrons. The summed E-state index contributed by atoms with van der Waals surface area (Å²) < 4.78 is 34.1. The van der Waals surface area contributed by atoms with Crippen molar-refractivity contribution < 1.29 is 23.4 Å². The number of urea groups is 1. The van der Waals surface area contributed by atoms with Crippen LogP contribution in [0, 0.1) is 11.6 Å². The number of likely N-dealkylation sites (tertiary alicyclic amines) is 1. The Balaban J connectivity index is 1.51. The number of aliphatic hydroxyl groups excluding tert-OH is 1. The average molecular weight is 486 g/mol. The number of rotatable bonds is 9. The van der Waals surface area contributed by atoms with Crippen LogP contribution < -0.4 is 10.6 Å². The smallest absolute Gasteiger partial charge is 0.320 e. The van der Waals surface area contributed by atoms with Gasteiger partial charge in [0.2, 0.25) is 0 Å². The molecule has 10 heteroatoms. The Morgan fingerprint density at radius 3 is 2.63 bits per heavy atom. The van der Waals surface area contributed by atoms with E-state index in [0.717, 1.165) is 11.6 Å². The fraction of sp³-hybridized carbons (Fsp3) is 0.360. The Bertz CT molecular complexity index is 1140. The van der Waals surface area contributed by atoms with Gasteiger partial charge in [0.15, 0.2) is 11.6 Å². The van der Waals surface area contributed by atoms with Crippen molar-refractivity contribution in [3.63, 3.8) is 0 Å². The number of aliphatic hydroxyl groups is 1. The average Bonchev–Trinajstić information content (AvgIpc) is 3.44. The number of carbonyl (C=O) groups excluding carboxylic acids is 1. The second-order valence-corrected chi connectivity index (χ2v) is 8.46. The minimum Gasteiger partial charge on any atom is -0.394 e. The maximum absolute atomic E-state index is 13.9. The highest BCUT2D eigenvalue weighted by Gasteiger charge is 2.35. The molecule has 1 saturated heterocycles. The van der Waals surface area contributed by atoms with Crippen LogP contribution >= 0.6 is 0 Å². The van der Waals surface area contributed by atoms with Crippen molar-refractivity contribution >= 4 is 11.8 Å². The molecule has 0 aliphatic carbocycles. The maximum atomic E-state index is 13.9. The Labute approximate surface area is 202 Å². The number of nitrogens with one attached hydrogen (secondary N) is 2. The van der Waals surface area contributed by atoms with E-state index < -0.39 is 17.7 Å². The molecule has 2 heterocycles. The third kappa shape index (κ3) is 6.02. The second-order valence-electron chi connectivity index (χ2n) is 8.46. The first kappa shape index (κ1) is 24.8. The molecular weight excluding hydrogens is 456 g/mol. The summed E-state index contributed by atoms with van der Waals surface area (Å²) >= 11 is 0. The maximum Gasteiger partial charge on any atom is 0.320 e. The number of amides is 2. The first-order chi connectivity index (χ1) is 17.0. The molecule has 186 valence electrons. The van der Waals surface area contributed by atoms with Crippen molar-refractivity contribution in [2.75, 3.05) is 45.3 Å². The van der Waals surface area contributed by atoms with Crippen LogP contribution in [0.3, 0.4) is 0 Å². The predicted molar refractivity (Wildman–Crippen MR) is 128 cm³/mol. The fourth-order valence-corrected chi connectivity index (χ4v) is 4.37. The third-order valence-corrected chi connectivity index (χ3v) is 6.10. The van der Waals surface area contributed by atoms with E-state index in [2.05, 4.69) is 20.6 Å². The van der Waals surface area contributed by atoms with Crippen molar-refractivity contribution in [2.24, 2.45) is 0 Å². The summed E-state index contributed by atoms with van der Waals surface area (Å²) in [5, 5.41) is 19.7. The van der Waals surface area contributed by atoms with Crippen LogP contribution in [-0.2, 0) is 11.3 Å². The number of ether oxygens (including phenoxy) is 1. The highest BCUT2D eigenvalue weighted by molar-refractivity contribution is 5.89. The van der Waals surface area contributed by atoms with Crippen LogP contribution in [0.4, 0.5) is 19.4 Å². The summed E-state index contributed by atoms with van der Waals surface area (Å²) in [6.45, 7) is 2.35. The highest BCUT2D eigenvalue weighted by Crippen LogP contribution is 2.29. The van der Waals surface area contributed by atoms with Gasteiger partial charge in [-0.3, -0.25) is 10.2 Å². The SMILES string of the molecule is COCCN1C[C@@H](NC(=O)Nc2cc(-c3ccccc3)nn2CCO)[C@H](c2ccc(F)c(F)c2)C1. The lowest BCUT2D eigenvalue weighted by Crippen LogP contribution is -2.42. The molecule has 0 saturated carbocycles. The third-order valence-electron chi connectivity index (χ3n) is 6.10. The van der Waals surface area contributed by atoms with Crippen molar-refractivity contribution in [3.05, 3.63) is 71.8 Å². The molecule has 4 rings (SSSR count). The van der Waals surface area contributed by atoms with E-state index in [9.17, 15) is 18.7 Å². The number of aromatic nitrogens is 2. The van der Waals surface area contributed by atoms with Gasteiger partial charge in [0.05, 0.1) is 31.5 Å². The molecule has 2 atom stereocenters. The van der Waals surface area contributed by atoms with Crippen molar-refractivity contribution in [1.29, 1.82) is 0 Å². The lowest BCUT2D eigenvalue weighted by molar-refractivity contribution is 0.159.